The molecule has 2 aliphatic rings. The molecule has 1 saturated heterocycles. The number of piperidine rings is 1. The fourth-order valence-electron chi connectivity index (χ4n) is 4.16. The molecule has 1 aromatic carbocycles. The second-order valence-electron chi connectivity index (χ2n) is 7.72. The number of anilines is 1. The van der Waals surface area contributed by atoms with E-state index in [0.29, 0.717) is 6.42 Å². The van der Waals surface area contributed by atoms with Crippen molar-refractivity contribution in [3.63, 3.8) is 0 Å². The molecule has 0 saturated carbocycles. The lowest BCUT2D eigenvalue weighted by Gasteiger charge is -2.26. The van der Waals surface area contributed by atoms with Gasteiger partial charge in [0.25, 0.3) is 0 Å². The fraction of sp³-hybridized carbons (Fsp3) is 0.478. The zero-order valence-electron chi connectivity index (χ0n) is 16.5. The summed E-state index contributed by atoms with van der Waals surface area (Å²) in [6.45, 7) is 5.10. The Labute approximate surface area is 167 Å². The second kappa shape index (κ2) is 9.20. The number of benzene rings is 1. The number of rotatable bonds is 7. The van der Waals surface area contributed by atoms with E-state index in [4.69, 9.17) is 4.74 Å². The van der Waals surface area contributed by atoms with Crippen LogP contribution in [0, 0.1) is 0 Å². The van der Waals surface area contributed by atoms with Gasteiger partial charge in [-0.3, -0.25) is 9.78 Å². The minimum atomic E-state index is 0.139. The Balaban J connectivity index is 1.28. The summed E-state index contributed by atoms with van der Waals surface area (Å²) in [6.07, 6.45) is 9.88. The number of hydrogen-bond donors (Lipinski definition) is 0. The number of amides is 1. The molecule has 1 aromatic heterocycles. The predicted octanol–water partition coefficient (Wildman–Crippen LogP) is 3.47. The molecular weight excluding hydrogens is 350 g/mol. The Bertz CT molecular complexity index is 788. The van der Waals surface area contributed by atoms with Gasteiger partial charge in [0.15, 0.2) is 0 Å². The molecule has 2 aromatic rings. The standard InChI is InChI=1S/C23H29N3O2/c27-23(17-19-7-10-24-11-8-19)26-15-9-20-18-21(5-6-22(20)26)28-16-4-14-25-12-2-1-3-13-25/h5-8,10-11,18H,1-4,9,12-17H2. The molecule has 1 fully saturated rings. The molecule has 0 N–H and O–H groups in total. The Kier molecular flexibility index (Phi) is 6.22. The maximum atomic E-state index is 12.7. The first kappa shape index (κ1) is 18.9. The summed E-state index contributed by atoms with van der Waals surface area (Å²) in [5, 5.41) is 0. The number of carbonyl (C=O) groups is 1. The molecule has 5 heteroatoms. The molecule has 4 rings (SSSR count). The average Bonchev–Trinajstić information content (AvgIpc) is 3.16. The van der Waals surface area contributed by atoms with E-state index in [0.717, 1.165) is 49.5 Å². The van der Waals surface area contributed by atoms with Crippen molar-refractivity contribution in [3.05, 3.63) is 53.9 Å². The quantitative estimate of drug-likeness (QED) is 0.691. The van der Waals surface area contributed by atoms with Crippen LogP contribution in [0.1, 0.15) is 36.8 Å². The van der Waals surface area contributed by atoms with E-state index in [1.165, 1.54) is 37.9 Å². The predicted molar refractivity (Wildman–Crippen MR) is 111 cm³/mol. The molecular formula is C23H29N3O2. The van der Waals surface area contributed by atoms with E-state index in [2.05, 4.69) is 16.0 Å². The van der Waals surface area contributed by atoms with Crippen LogP contribution in [0.3, 0.4) is 0 Å². The normalized spacial score (nSPS) is 16.8. The lowest BCUT2D eigenvalue weighted by atomic mass is 10.1. The third kappa shape index (κ3) is 4.71. The van der Waals surface area contributed by atoms with E-state index < -0.39 is 0 Å². The van der Waals surface area contributed by atoms with Gasteiger partial charge < -0.3 is 14.5 Å². The van der Waals surface area contributed by atoms with Crippen LogP contribution in [0.25, 0.3) is 0 Å². The number of fused-ring (bicyclic) bond motifs is 1. The van der Waals surface area contributed by atoms with Crippen LogP contribution in [0.15, 0.2) is 42.7 Å². The van der Waals surface area contributed by atoms with Gasteiger partial charge >= 0.3 is 0 Å². The van der Waals surface area contributed by atoms with E-state index in [1.807, 2.05) is 29.2 Å². The fourth-order valence-corrected chi connectivity index (χ4v) is 4.16. The average molecular weight is 380 g/mol. The summed E-state index contributed by atoms with van der Waals surface area (Å²) in [5.41, 5.74) is 3.23. The van der Waals surface area contributed by atoms with E-state index in [1.54, 1.807) is 12.4 Å². The third-order valence-corrected chi connectivity index (χ3v) is 5.69. The van der Waals surface area contributed by atoms with Crippen molar-refractivity contribution in [1.29, 1.82) is 0 Å². The third-order valence-electron chi connectivity index (χ3n) is 5.69. The minimum Gasteiger partial charge on any atom is -0.494 e. The van der Waals surface area contributed by atoms with Gasteiger partial charge in [0.2, 0.25) is 5.91 Å². The summed E-state index contributed by atoms with van der Waals surface area (Å²) >= 11 is 0. The summed E-state index contributed by atoms with van der Waals surface area (Å²) in [5.74, 6) is 1.06. The summed E-state index contributed by atoms with van der Waals surface area (Å²) in [7, 11) is 0. The number of aromatic nitrogens is 1. The highest BCUT2D eigenvalue weighted by Crippen LogP contribution is 2.31. The van der Waals surface area contributed by atoms with E-state index in [-0.39, 0.29) is 5.91 Å². The molecule has 3 heterocycles. The van der Waals surface area contributed by atoms with Crippen molar-refractivity contribution in [3.8, 4) is 5.75 Å². The smallest absolute Gasteiger partial charge is 0.231 e. The topological polar surface area (TPSA) is 45.7 Å². The maximum Gasteiger partial charge on any atom is 0.231 e. The highest BCUT2D eigenvalue weighted by molar-refractivity contribution is 5.96. The van der Waals surface area contributed by atoms with Crippen molar-refractivity contribution in [1.82, 2.24) is 9.88 Å². The zero-order valence-corrected chi connectivity index (χ0v) is 16.5. The van der Waals surface area contributed by atoms with Gasteiger partial charge in [0, 0.05) is 31.2 Å². The molecule has 0 spiro atoms. The molecule has 0 aliphatic carbocycles. The number of ether oxygens (including phenoxy) is 1. The molecule has 148 valence electrons. The van der Waals surface area contributed by atoms with Gasteiger partial charge in [0.1, 0.15) is 5.75 Å². The zero-order chi connectivity index (χ0) is 19.2. The summed E-state index contributed by atoms with van der Waals surface area (Å²) in [6, 6.07) is 9.94. The van der Waals surface area contributed by atoms with Crippen LogP contribution in [0.2, 0.25) is 0 Å². The molecule has 2 aliphatic heterocycles. The van der Waals surface area contributed by atoms with Crippen molar-refractivity contribution < 1.29 is 9.53 Å². The Morgan fingerprint density at radius 3 is 2.68 bits per heavy atom. The highest BCUT2D eigenvalue weighted by Gasteiger charge is 2.25. The summed E-state index contributed by atoms with van der Waals surface area (Å²) in [4.78, 5) is 21.1. The number of nitrogens with zero attached hydrogens (tertiary/aromatic N) is 3. The minimum absolute atomic E-state index is 0.139. The van der Waals surface area contributed by atoms with Gasteiger partial charge in [-0.2, -0.15) is 0 Å². The Morgan fingerprint density at radius 1 is 1.04 bits per heavy atom. The summed E-state index contributed by atoms with van der Waals surface area (Å²) < 4.78 is 5.98. The molecule has 0 unspecified atom stereocenters. The number of likely N-dealkylation sites (tertiary alicyclic amines) is 1. The van der Waals surface area contributed by atoms with Crippen LogP contribution in [0.5, 0.6) is 5.75 Å². The van der Waals surface area contributed by atoms with Gasteiger partial charge in [-0.25, -0.2) is 0 Å². The van der Waals surface area contributed by atoms with Crippen molar-refractivity contribution in [2.75, 3.05) is 37.7 Å². The molecule has 1 amide bonds. The first-order valence-electron chi connectivity index (χ1n) is 10.5. The van der Waals surface area contributed by atoms with Crippen molar-refractivity contribution >= 4 is 11.6 Å². The van der Waals surface area contributed by atoms with E-state index in [9.17, 15) is 4.79 Å². The first-order chi connectivity index (χ1) is 13.8. The van der Waals surface area contributed by atoms with Gasteiger partial charge in [-0.1, -0.05) is 6.42 Å². The molecule has 5 nitrogen and oxygen atoms in total. The van der Waals surface area contributed by atoms with Crippen LogP contribution < -0.4 is 9.64 Å². The number of pyridine rings is 1. The van der Waals surface area contributed by atoms with Gasteiger partial charge in [-0.05, 0) is 80.2 Å². The van der Waals surface area contributed by atoms with Crippen LogP contribution in [0.4, 0.5) is 5.69 Å². The molecule has 0 atom stereocenters. The van der Waals surface area contributed by atoms with Gasteiger partial charge in [-0.15, -0.1) is 0 Å². The molecule has 0 radical (unpaired) electrons. The molecule has 28 heavy (non-hydrogen) atoms. The SMILES string of the molecule is O=C(Cc1ccncc1)N1CCc2cc(OCCCN3CCCCC3)ccc21. The highest BCUT2D eigenvalue weighted by atomic mass is 16.5. The van der Waals surface area contributed by atoms with Crippen LogP contribution >= 0.6 is 0 Å². The lowest BCUT2D eigenvalue weighted by Crippen LogP contribution is -2.31. The maximum absolute atomic E-state index is 12.7. The number of carbonyl (C=O) groups excluding carboxylic acids is 1. The first-order valence-corrected chi connectivity index (χ1v) is 10.5. The largest absolute Gasteiger partial charge is 0.494 e. The van der Waals surface area contributed by atoms with Crippen molar-refractivity contribution in [2.45, 2.75) is 38.5 Å². The monoisotopic (exact) mass is 379 g/mol. The van der Waals surface area contributed by atoms with Crippen LogP contribution in [-0.2, 0) is 17.6 Å². The number of hydrogen-bond acceptors (Lipinski definition) is 4. The van der Waals surface area contributed by atoms with E-state index >= 15 is 0 Å². The van der Waals surface area contributed by atoms with Gasteiger partial charge in [0.05, 0.1) is 13.0 Å². The Morgan fingerprint density at radius 2 is 1.86 bits per heavy atom. The second-order valence-corrected chi connectivity index (χ2v) is 7.72. The van der Waals surface area contributed by atoms with Crippen molar-refractivity contribution in [2.24, 2.45) is 0 Å². The Hall–Kier alpha value is -2.40. The van der Waals surface area contributed by atoms with Crippen LogP contribution in [-0.4, -0.2) is 48.6 Å². The molecule has 0 bridgehead atoms. The lowest BCUT2D eigenvalue weighted by molar-refractivity contribution is -0.117.